The highest BCUT2D eigenvalue weighted by molar-refractivity contribution is 5.74. The van der Waals surface area contributed by atoms with Gasteiger partial charge in [0, 0.05) is 12.6 Å². The van der Waals surface area contributed by atoms with Crippen LogP contribution in [-0.2, 0) is 4.79 Å². The van der Waals surface area contributed by atoms with Crippen molar-refractivity contribution in [2.75, 3.05) is 13.6 Å². The Labute approximate surface area is 92.5 Å². The molecule has 3 heteroatoms. The molecule has 0 saturated heterocycles. The maximum atomic E-state index is 11.3. The Hall–Kier alpha value is -0.570. The van der Waals surface area contributed by atoms with Crippen LogP contribution in [0.5, 0.6) is 0 Å². The molecule has 1 aliphatic carbocycles. The van der Waals surface area contributed by atoms with Crippen LogP contribution in [-0.4, -0.2) is 35.6 Å². The first-order valence-electron chi connectivity index (χ1n) is 5.99. The molecule has 0 aromatic heterocycles. The van der Waals surface area contributed by atoms with Gasteiger partial charge in [0.05, 0.1) is 5.41 Å². The van der Waals surface area contributed by atoms with E-state index in [0.717, 1.165) is 12.8 Å². The molecule has 0 aromatic carbocycles. The molecule has 1 N–H and O–H groups in total. The van der Waals surface area contributed by atoms with Gasteiger partial charge in [-0.25, -0.2) is 0 Å². The highest BCUT2D eigenvalue weighted by Crippen LogP contribution is 2.31. The average molecular weight is 213 g/mol. The van der Waals surface area contributed by atoms with Gasteiger partial charge in [-0.1, -0.05) is 20.3 Å². The van der Waals surface area contributed by atoms with Gasteiger partial charge in [-0.2, -0.15) is 0 Å². The molecule has 3 nitrogen and oxygen atoms in total. The highest BCUT2D eigenvalue weighted by atomic mass is 16.4. The normalized spacial score (nSPS) is 17.9. The zero-order valence-corrected chi connectivity index (χ0v) is 10.1. The van der Waals surface area contributed by atoms with E-state index in [1.165, 1.54) is 19.3 Å². The van der Waals surface area contributed by atoms with Gasteiger partial charge in [0.1, 0.15) is 0 Å². The first-order chi connectivity index (χ1) is 7.05. The Morgan fingerprint density at radius 3 is 2.20 bits per heavy atom. The Kier molecular flexibility index (Phi) is 4.14. The van der Waals surface area contributed by atoms with Crippen LogP contribution in [0.1, 0.15) is 46.0 Å². The lowest BCUT2D eigenvalue weighted by Gasteiger charge is -2.40. The Bertz CT molecular complexity index is 220. The minimum Gasteiger partial charge on any atom is -0.481 e. The zero-order chi connectivity index (χ0) is 11.5. The summed E-state index contributed by atoms with van der Waals surface area (Å²) in [5, 5.41) is 9.32. The van der Waals surface area contributed by atoms with Crippen molar-refractivity contribution in [3.8, 4) is 0 Å². The minimum absolute atomic E-state index is 0.537. The molecule has 1 fully saturated rings. The topological polar surface area (TPSA) is 40.5 Å². The van der Waals surface area contributed by atoms with Gasteiger partial charge in [0.25, 0.3) is 0 Å². The maximum absolute atomic E-state index is 11.3. The van der Waals surface area contributed by atoms with E-state index in [1.54, 1.807) is 0 Å². The molecule has 0 heterocycles. The van der Waals surface area contributed by atoms with Crippen molar-refractivity contribution >= 4 is 5.97 Å². The maximum Gasteiger partial charge on any atom is 0.310 e. The van der Waals surface area contributed by atoms with E-state index in [-0.39, 0.29) is 0 Å². The average Bonchev–Trinajstić information content (AvgIpc) is 2.11. The molecule has 15 heavy (non-hydrogen) atoms. The van der Waals surface area contributed by atoms with Crippen molar-refractivity contribution in [2.24, 2.45) is 5.41 Å². The van der Waals surface area contributed by atoms with E-state index in [0.29, 0.717) is 12.6 Å². The second kappa shape index (κ2) is 4.97. The highest BCUT2D eigenvalue weighted by Gasteiger charge is 2.38. The Balaban J connectivity index is 2.60. The minimum atomic E-state index is -0.640. The fourth-order valence-electron chi connectivity index (χ4n) is 2.28. The summed E-state index contributed by atoms with van der Waals surface area (Å²) in [7, 11) is 2.06. The molecule has 0 amide bonds. The van der Waals surface area contributed by atoms with Crippen LogP contribution in [0.4, 0.5) is 0 Å². The van der Waals surface area contributed by atoms with Crippen LogP contribution in [0.3, 0.4) is 0 Å². The van der Waals surface area contributed by atoms with Crippen LogP contribution in [0, 0.1) is 5.41 Å². The lowest BCUT2D eigenvalue weighted by Crippen LogP contribution is -2.47. The summed E-state index contributed by atoms with van der Waals surface area (Å²) in [6.07, 6.45) is 5.21. The molecule has 0 unspecified atom stereocenters. The fourth-order valence-corrected chi connectivity index (χ4v) is 2.28. The Morgan fingerprint density at radius 2 is 1.93 bits per heavy atom. The smallest absolute Gasteiger partial charge is 0.310 e. The second-order valence-electron chi connectivity index (χ2n) is 4.79. The predicted octanol–water partition coefficient (Wildman–Crippen LogP) is 2.36. The molecule has 0 spiro atoms. The number of carboxylic acid groups (broad SMARTS) is 1. The van der Waals surface area contributed by atoms with Gasteiger partial charge < -0.3 is 10.0 Å². The van der Waals surface area contributed by atoms with E-state index in [9.17, 15) is 9.90 Å². The standard InChI is InChI=1S/C12H23NO2/c1-4-12(5-2,11(14)15)9-13(3)10-7-6-8-10/h10H,4-9H2,1-3H3,(H,14,15). The predicted molar refractivity (Wildman–Crippen MR) is 60.9 cm³/mol. The van der Waals surface area contributed by atoms with Crippen LogP contribution >= 0.6 is 0 Å². The quantitative estimate of drug-likeness (QED) is 0.736. The number of aliphatic carboxylic acids is 1. The van der Waals surface area contributed by atoms with Crippen molar-refractivity contribution in [3.63, 3.8) is 0 Å². The molecular formula is C12H23NO2. The van der Waals surface area contributed by atoms with Crippen molar-refractivity contribution in [1.82, 2.24) is 4.90 Å². The lowest BCUT2D eigenvalue weighted by atomic mass is 9.80. The molecule has 0 radical (unpaired) electrons. The number of carboxylic acids is 1. The third kappa shape index (κ3) is 2.51. The number of hydrogen-bond acceptors (Lipinski definition) is 2. The van der Waals surface area contributed by atoms with Crippen LogP contribution in [0.25, 0.3) is 0 Å². The van der Waals surface area contributed by atoms with Gasteiger partial charge in [0.2, 0.25) is 0 Å². The van der Waals surface area contributed by atoms with Crippen LogP contribution in [0.2, 0.25) is 0 Å². The number of carbonyl (C=O) groups is 1. The van der Waals surface area contributed by atoms with Crippen molar-refractivity contribution < 1.29 is 9.90 Å². The van der Waals surface area contributed by atoms with E-state index >= 15 is 0 Å². The third-order valence-electron chi connectivity index (χ3n) is 4.06. The van der Waals surface area contributed by atoms with E-state index in [1.807, 2.05) is 13.8 Å². The van der Waals surface area contributed by atoms with Crippen LogP contribution < -0.4 is 0 Å². The van der Waals surface area contributed by atoms with Gasteiger partial charge in [-0.3, -0.25) is 4.79 Å². The number of rotatable bonds is 6. The third-order valence-corrected chi connectivity index (χ3v) is 4.06. The lowest BCUT2D eigenvalue weighted by molar-refractivity contribution is -0.151. The molecule has 0 aliphatic heterocycles. The van der Waals surface area contributed by atoms with Gasteiger partial charge in [-0.05, 0) is 32.7 Å². The van der Waals surface area contributed by atoms with Gasteiger partial charge in [0.15, 0.2) is 0 Å². The number of nitrogens with zero attached hydrogens (tertiary/aromatic N) is 1. The number of hydrogen-bond donors (Lipinski definition) is 1. The molecule has 88 valence electrons. The molecular weight excluding hydrogens is 190 g/mol. The molecule has 1 aliphatic rings. The van der Waals surface area contributed by atoms with E-state index in [2.05, 4.69) is 11.9 Å². The van der Waals surface area contributed by atoms with Crippen LogP contribution in [0.15, 0.2) is 0 Å². The zero-order valence-electron chi connectivity index (χ0n) is 10.1. The summed E-state index contributed by atoms with van der Waals surface area (Å²) in [5.74, 6) is -0.640. The fraction of sp³-hybridized carbons (Fsp3) is 0.917. The summed E-state index contributed by atoms with van der Waals surface area (Å²) < 4.78 is 0. The molecule has 1 rings (SSSR count). The second-order valence-corrected chi connectivity index (χ2v) is 4.79. The van der Waals surface area contributed by atoms with E-state index in [4.69, 9.17) is 0 Å². The van der Waals surface area contributed by atoms with Crippen molar-refractivity contribution in [1.29, 1.82) is 0 Å². The monoisotopic (exact) mass is 213 g/mol. The summed E-state index contributed by atoms with van der Waals surface area (Å²) in [6, 6.07) is 0.627. The largest absolute Gasteiger partial charge is 0.481 e. The molecule has 0 atom stereocenters. The molecule has 0 aromatic rings. The first-order valence-corrected chi connectivity index (χ1v) is 5.99. The summed E-state index contributed by atoms with van der Waals surface area (Å²) >= 11 is 0. The van der Waals surface area contributed by atoms with Crippen molar-refractivity contribution in [3.05, 3.63) is 0 Å². The molecule has 1 saturated carbocycles. The van der Waals surface area contributed by atoms with Gasteiger partial charge in [-0.15, -0.1) is 0 Å². The molecule has 0 bridgehead atoms. The van der Waals surface area contributed by atoms with Gasteiger partial charge >= 0.3 is 5.97 Å². The summed E-state index contributed by atoms with van der Waals surface area (Å²) in [5.41, 5.74) is -0.537. The Morgan fingerprint density at radius 1 is 1.40 bits per heavy atom. The van der Waals surface area contributed by atoms with E-state index < -0.39 is 11.4 Å². The summed E-state index contributed by atoms with van der Waals surface area (Å²) in [6.45, 7) is 4.65. The SMILES string of the molecule is CCC(CC)(CN(C)C1CCC1)C(=O)O. The summed E-state index contributed by atoms with van der Waals surface area (Å²) in [4.78, 5) is 13.6. The van der Waals surface area contributed by atoms with Crippen molar-refractivity contribution in [2.45, 2.75) is 52.0 Å². The first kappa shape index (κ1) is 12.5.